The Bertz CT molecular complexity index is 459. The molecule has 15 heavy (non-hydrogen) atoms. The number of aromatic nitrogens is 2. The molecule has 2 aromatic rings. The van der Waals surface area contributed by atoms with Crippen molar-refractivity contribution in [1.82, 2.24) is 9.66 Å². The molecule has 0 fully saturated rings. The smallest absolute Gasteiger partial charge is 0.115 e. The first-order valence-electron chi connectivity index (χ1n) is 4.70. The Kier molecular flexibility index (Phi) is 2.77. The number of halogens is 1. The molecule has 0 saturated heterocycles. The zero-order chi connectivity index (χ0) is 10.8. The molecule has 0 bridgehead atoms. The van der Waals surface area contributed by atoms with Crippen LogP contribution in [0.25, 0.3) is 0 Å². The van der Waals surface area contributed by atoms with Crippen LogP contribution in [0.5, 0.6) is 0 Å². The van der Waals surface area contributed by atoms with Crippen LogP contribution in [0.15, 0.2) is 35.1 Å². The summed E-state index contributed by atoms with van der Waals surface area (Å²) in [7, 11) is 0. The quantitative estimate of drug-likeness (QED) is 0.904. The summed E-state index contributed by atoms with van der Waals surface area (Å²) in [5.41, 5.74) is 6.46. The number of nitrogens with one attached hydrogen (secondary N) is 1. The second kappa shape index (κ2) is 4.06. The minimum atomic E-state index is 1.04. The number of nitrogens with zero attached hydrogens (tertiary/aromatic N) is 2. The molecular weight excluding hydrogens is 254 g/mol. The van der Waals surface area contributed by atoms with E-state index in [1.165, 1.54) is 0 Å². The van der Waals surface area contributed by atoms with Crippen LogP contribution in [0, 0.1) is 13.8 Å². The van der Waals surface area contributed by atoms with Crippen LogP contribution in [-0.4, -0.2) is 9.66 Å². The van der Waals surface area contributed by atoms with Crippen LogP contribution >= 0.6 is 15.9 Å². The lowest BCUT2D eigenvalue weighted by atomic mass is 10.3. The van der Waals surface area contributed by atoms with Gasteiger partial charge in [0.1, 0.15) is 6.33 Å². The van der Waals surface area contributed by atoms with E-state index < -0.39 is 0 Å². The van der Waals surface area contributed by atoms with Gasteiger partial charge in [-0.05, 0) is 38.1 Å². The van der Waals surface area contributed by atoms with Gasteiger partial charge in [-0.1, -0.05) is 15.9 Å². The topological polar surface area (TPSA) is 29.9 Å². The van der Waals surface area contributed by atoms with Gasteiger partial charge in [0.25, 0.3) is 0 Å². The van der Waals surface area contributed by atoms with E-state index in [1.807, 2.05) is 42.8 Å². The fourth-order valence-corrected chi connectivity index (χ4v) is 1.54. The van der Waals surface area contributed by atoms with Crippen molar-refractivity contribution in [3.8, 4) is 0 Å². The Morgan fingerprint density at radius 2 is 1.87 bits per heavy atom. The molecule has 1 aromatic heterocycles. The Balaban J connectivity index is 2.22. The molecule has 0 amide bonds. The number of benzene rings is 1. The summed E-state index contributed by atoms with van der Waals surface area (Å²) in [6.45, 7) is 4.03. The normalized spacial score (nSPS) is 10.3. The first kappa shape index (κ1) is 10.2. The summed E-state index contributed by atoms with van der Waals surface area (Å²) in [6, 6.07) is 8.03. The van der Waals surface area contributed by atoms with Crippen molar-refractivity contribution in [2.75, 3.05) is 5.43 Å². The van der Waals surface area contributed by atoms with E-state index >= 15 is 0 Å². The van der Waals surface area contributed by atoms with E-state index in [4.69, 9.17) is 0 Å². The number of hydrogen-bond donors (Lipinski definition) is 1. The molecule has 1 aromatic carbocycles. The highest BCUT2D eigenvalue weighted by molar-refractivity contribution is 9.10. The second-order valence-corrected chi connectivity index (χ2v) is 4.32. The first-order valence-corrected chi connectivity index (χ1v) is 5.49. The van der Waals surface area contributed by atoms with Crippen LogP contribution in [0.2, 0.25) is 0 Å². The molecule has 0 atom stereocenters. The highest BCUT2D eigenvalue weighted by Crippen LogP contribution is 2.15. The van der Waals surface area contributed by atoms with E-state index in [0.29, 0.717) is 0 Å². The Labute approximate surface area is 97.2 Å². The van der Waals surface area contributed by atoms with Gasteiger partial charge >= 0.3 is 0 Å². The fraction of sp³-hybridized carbons (Fsp3) is 0.182. The summed E-state index contributed by atoms with van der Waals surface area (Å²) in [4.78, 5) is 4.22. The minimum absolute atomic E-state index is 1.04. The summed E-state index contributed by atoms with van der Waals surface area (Å²) in [5, 5.41) is 0. The molecule has 0 saturated carbocycles. The number of imidazole rings is 1. The van der Waals surface area contributed by atoms with Crippen LogP contribution in [0.1, 0.15) is 11.4 Å². The van der Waals surface area contributed by atoms with Crippen molar-refractivity contribution in [2.45, 2.75) is 13.8 Å². The van der Waals surface area contributed by atoms with Gasteiger partial charge in [-0.25, -0.2) is 9.66 Å². The van der Waals surface area contributed by atoms with Crippen LogP contribution < -0.4 is 5.43 Å². The van der Waals surface area contributed by atoms with Crippen LogP contribution in [0.4, 0.5) is 5.69 Å². The molecule has 0 aliphatic carbocycles. The molecule has 0 radical (unpaired) electrons. The maximum absolute atomic E-state index is 4.22. The average Bonchev–Trinajstić information content (AvgIpc) is 2.53. The lowest BCUT2D eigenvalue weighted by Gasteiger charge is -2.09. The maximum Gasteiger partial charge on any atom is 0.115 e. The van der Waals surface area contributed by atoms with Crippen molar-refractivity contribution in [3.05, 3.63) is 46.5 Å². The van der Waals surface area contributed by atoms with E-state index in [2.05, 4.69) is 26.3 Å². The molecule has 3 nitrogen and oxygen atoms in total. The summed E-state index contributed by atoms with van der Waals surface area (Å²) in [5.74, 6) is 0. The molecular formula is C11H12BrN3. The number of hydrogen-bond acceptors (Lipinski definition) is 2. The van der Waals surface area contributed by atoms with Gasteiger partial charge in [-0.15, -0.1) is 0 Å². The summed E-state index contributed by atoms with van der Waals surface area (Å²) < 4.78 is 2.99. The zero-order valence-electron chi connectivity index (χ0n) is 8.66. The third-order valence-corrected chi connectivity index (χ3v) is 2.87. The van der Waals surface area contributed by atoms with Crippen LogP contribution in [0.3, 0.4) is 0 Å². The van der Waals surface area contributed by atoms with Crippen molar-refractivity contribution < 1.29 is 0 Å². The van der Waals surface area contributed by atoms with Gasteiger partial charge in [0.15, 0.2) is 0 Å². The first-order chi connectivity index (χ1) is 7.16. The molecule has 0 aliphatic heterocycles. The minimum Gasteiger partial charge on any atom is -0.293 e. The third-order valence-electron chi connectivity index (χ3n) is 2.35. The SMILES string of the molecule is Cc1ncn(Nc2ccc(Br)cc2)c1C. The lowest BCUT2D eigenvalue weighted by molar-refractivity contribution is 0.910. The molecule has 2 rings (SSSR count). The van der Waals surface area contributed by atoms with Gasteiger partial charge in [-0.2, -0.15) is 0 Å². The largest absolute Gasteiger partial charge is 0.293 e. The van der Waals surface area contributed by atoms with Crippen molar-refractivity contribution in [1.29, 1.82) is 0 Å². The van der Waals surface area contributed by atoms with Gasteiger partial charge in [0, 0.05) is 4.47 Å². The van der Waals surface area contributed by atoms with E-state index in [0.717, 1.165) is 21.5 Å². The summed E-state index contributed by atoms with van der Waals surface area (Å²) in [6.07, 6.45) is 1.78. The second-order valence-electron chi connectivity index (χ2n) is 3.40. The molecule has 0 spiro atoms. The Morgan fingerprint density at radius 3 is 2.40 bits per heavy atom. The molecule has 4 heteroatoms. The number of anilines is 1. The monoisotopic (exact) mass is 265 g/mol. The number of aryl methyl sites for hydroxylation is 1. The highest BCUT2D eigenvalue weighted by Gasteiger charge is 2.01. The van der Waals surface area contributed by atoms with E-state index in [-0.39, 0.29) is 0 Å². The molecule has 1 heterocycles. The third kappa shape index (κ3) is 2.21. The highest BCUT2D eigenvalue weighted by atomic mass is 79.9. The average molecular weight is 266 g/mol. The maximum atomic E-state index is 4.22. The molecule has 78 valence electrons. The predicted molar refractivity (Wildman–Crippen MR) is 64.9 cm³/mol. The van der Waals surface area contributed by atoms with Gasteiger partial charge in [0.05, 0.1) is 17.1 Å². The van der Waals surface area contributed by atoms with Crippen molar-refractivity contribution in [3.63, 3.8) is 0 Å². The zero-order valence-corrected chi connectivity index (χ0v) is 10.2. The van der Waals surface area contributed by atoms with E-state index in [1.54, 1.807) is 6.33 Å². The van der Waals surface area contributed by atoms with E-state index in [9.17, 15) is 0 Å². The van der Waals surface area contributed by atoms with Gasteiger partial charge < -0.3 is 0 Å². The van der Waals surface area contributed by atoms with Crippen LogP contribution in [-0.2, 0) is 0 Å². The molecule has 0 unspecified atom stereocenters. The Morgan fingerprint density at radius 1 is 1.20 bits per heavy atom. The fourth-order valence-electron chi connectivity index (χ4n) is 1.27. The predicted octanol–water partition coefficient (Wildman–Crippen LogP) is 3.14. The number of rotatable bonds is 2. The Hall–Kier alpha value is -1.29. The lowest BCUT2D eigenvalue weighted by Crippen LogP contribution is -2.09. The standard InChI is InChI=1S/C11H12BrN3/c1-8-9(2)15(7-13-8)14-11-5-3-10(12)4-6-11/h3-7,14H,1-2H3. The summed E-state index contributed by atoms with van der Waals surface area (Å²) >= 11 is 3.40. The molecule has 1 N–H and O–H groups in total. The molecule has 0 aliphatic rings. The van der Waals surface area contributed by atoms with Gasteiger partial charge in [0.2, 0.25) is 0 Å². The van der Waals surface area contributed by atoms with Crippen molar-refractivity contribution in [2.24, 2.45) is 0 Å². The van der Waals surface area contributed by atoms with Gasteiger partial charge in [-0.3, -0.25) is 5.43 Å². The van der Waals surface area contributed by atoms with Crippen molar-refractivity contribution >= 4 is 21.6 Å².